The highest BCUT2D eigenvalue weighted by Gasteiger charge is 2.30. The van der Waals surface area contributed by atoms with Gasteiger partial charge in [-0.1, -0.05) is 13.3 Å². The van der Waals surface area contributed by atoms with Crippen LogP contribution in [0.25, 0.3) is 0 Å². The molecule has 180 valence electrons. The Morgan fingerprint density at radius 1 is 1.21 bits per heavy atom. The van der Waals surface area contributed by atoms with Crippen LogP contribution in [0.15, 0.2) is 23.1 Å². The fraction of sp³-hybridized carbons (Fsp3) is 0.455. The Balaban J connectivity index is 1.95. The minimum absolute atomic E-state index is 0.0450. The Morgan fingerprint density at radius 3 is 2.52 bits per heavy atom. The number of rotatable bonds is 8. The summed E-state index contributed by atoms with van der Waals surface area (Å²) in [5.74, 6) is -0.832. The van der Waals surface area contributed by atoms with Crippen molar-refractivity contribution in [3.8, 4) is 5.75 Å². The maximum absolute atomic E-state index is 13.2. The largest absolute Gasteiger partial charge is 0.495 e. The van der Waals surface area contributed by atoms with Crippen molar-refractivity contribution in [3.63, 3.8) is 0 Å². The number of aromatic nitrogens is 1. The molecule has 10 nitrogen and oxygen atoms in total. The maximum atomic E-state index is 13.2. The molecule has 0 saturated carbocycles. The lowest BCUT2D eigenvalue weighted by Crippen LogP contribution is -2.40. The second-order valence-electron chi connectivity index (χ2n) is 7.56. The first kappa shape index (κ1) is 24.7. The van der Waals surface area contributed by atoms with E-state index in [2.05, 4.69) is 10.3 Å². The van der Waals surface area contributed by atoms with Gasteiger partial charge in [-0.15, -0.1) is 0 Å². The van der Waals surface area contributed by atoms with Crippen LogP contribution in [0.1, 0.15) is 45.4 Å². The average Bonchev–Trinajstić information content (AvgIpc) is 3.15. The third kappa shape index (κ3) is 5.05. The summed E-state index contributed by atoms with van der Waals surface area (Å²) in [5, 5.41) is 2.74. The van der Waals surface area contributed by atoms with Gasteiger partial charge in [-0.05, 0) is 37.1 Å². The number of amides is 1. The van der Waals surface area contributed by atoms with Crippen LogP contribution in [-0.4, -0.2) is 70.1 Å². The van der Waals surface area contributed by atoms with E-state index in [4.69, 9.17) is 14.2 Å². The first-order valence-electron chi connectivity index (χ1n) is 10.6. The molecule has 2 aromatic rings. The lowest BCUT2D eigenvalue weighted by Gasteiger charge is -2.26. The highest BCUT2D eigenvalue weighted by atomic mass is 32.2. The second-order valence-corrected chi connectivity index (χ2v) is 9.46. The molecule has 0 unspecified atom stereocenters. The van der Waals surface area contributed by atoms with Crippen molar-refractivity contribution in [2.24, 2.45) is 0 Å². The summed E-state index contributed by atoms with van der Waals surface area (Å²) in [4.78, 5) is 28.3. The number of benzene rings is 1. The van der Waals surface area contributed by atoms with Crippen LogP contribution in [0.4, 0.5) is 5.69 Å². The van der Waals surface area contributed by atoms with Crippen LogP contribution < -0.4 is 10.1 Å². The molecular formula is C22H29N3O7S. The predicted octanol–water partition coefficient (Wildman–Crippen LogP) is 2.34. The third-order valence-corrected chi connectivity index (χ3v) is 7.34. The molecule has 1 amide bonds. The number of esters is 1. The molecule has 33 heavy (non-hydrogen) atoms. The lowest BCUT2D eigenvalue weighted by molar-refractivity contribution is 0.0599. The number of carbonyl (C=O) groups is 2. The van der Waals surface area contributed by atoms with Crippen molar-refractivity contribution < 1.29 is 32.2 Å². The molecule has 1 aliphatic rings. The number of nitrogens with zero attached hydrogens (tertiary/aromatic N) is 1. The smallest absolute Gasteiger partial charge is 0.339 e. The van der Waals surface area contributed by atoms with Gasteiger partial charge in [-0.2, -0.15) is 4.31 Å². The van der Waals surface area contributed by atoms with E-state index >= 15 is 0 Å². The zero-order valence-corrected chi connectivity index (χ0v) is 20.0. The van der Waals surface area contributed by atoms with Crippen molar-refractivity contribution in [1.82, 2.24) is 9.29 Å². The van der Waals surface area contributed by atoms with Gasteiger partial charge >= 0.3 is 5.97 Å². The molecule has 1 aromatic carbocycles. The molecule has 11 heteroatoms. The van der Waals surface area contributed by atoms with Crippen molar-refractivity contribution in [2.75, 3.05) is 45.8 Å². The number of anilines is 1. The van der Waals surface area contributed by atoms with Gasteiger partial charge in [-0.3, -0.25) is 4.79 Å². The second kappa shape index (κ2) is 10.4. The number of sulfonamides is 1. The fourth-order valence-electron chi connectivity index (χ4n) is 3.82. The molecule has 0 radical (unpaired) electrons. The van der Waals surface area contributed by atoms with Crippen molar-refractivity contribution in [2.45, 2.75) is 31.6 Å². The van der Waals surface area contributed by atoms with E-state index in [0.29, 0.717) is 42.9 Å². The van der Waals surface area contributed by atoms with Gasteiger partial charge in [0.2, 0.25) is 10.0 Å². The molecule has 0 atom stereocenters. The molecule has 0 aliphatic carbocycles. The van der Waals surface area contributed by atoms with Crippen LogP contribution in [0.2, 0.25) is 0 Å². The quantitative estimate of drug-likeness (QED) is 0.557. The van der Waals surface area contributed by atoms with Crippen LogP contribution in [-0.2, 0) is 25.9 Å². The van der Waals surface area contributed by atoms with Gasteiger partial charge in [0.1, 0.15) is 16.3 Å². The molecule has 1 saturated heterocycles. The van der Waals surface area contributed by atoms with Gasteiger partial charge < -0.3 is 24.5 Å². The zero-order valence-electron chi connectivity index (χ0n) is 19.2. The third-order valence-electron chi connectivity index (χ3n) is 5.42. The number of hydrogen-bond donors (Lipinski definition) is 2. The Bertz CT molecular complexity index is 1140. The predicted molar refractivity (Wildman–Crippen MR) is 121 cm³/mol. The molecule has 2 N–H and O–H groups in total. The summed E-state index contributed by atoms with van der Waals surface area (Å²) in [5.41, 5.74) is 1.95. The molecule has 3 rings (SSSR count). The van der Waals surface area contributed by atoms with Crippen molar-refractivity contribution in [1.29, 1.82) is 0 Å². The van der Waals surface area contributed by atoms with E-state index in [0.717, 1.165) is 0 Å². The minimum Gasteiger partial charge on any atom is -0.495 e. The number of carbonyl (C=O) groups excluding carboxylic acids is 2. The normalized spacial score (nSPS) is 14.7. The van der Waals surface area contributed by atoms with E-state index in [9.17, 15) is 18.0 Å². The Hall–Kier alpha value is -2.89. The van der Waals surface area contributed by atoms with E-state index < -0.39 is 21.9 Å². The molecule has 1 fully saturated rings. The van der Waals surface area contributed by atoms with E-state index in [1.165, 1.54) is 30.7 Å². The van der Waals surface area contributed by atoms with Crippen LogP contribution in [0.5, 0.6) is 5.75 Å². The minimum atomic E-state index is -3.85. The molecule has 1 aliphatic heterocycles. The SMILES string of the molecule is CCCc1c(C(=O)Nc2ccc(OC)c(S(=O)(=O)N3CCOCC3)c2)[nH]c(C)c1C(=O)OC. The monoisotopic (exact) mass is 479 g/mol. The Morgan fingerprint density at radius 2 is 1.91 bits per heavy atom. The van der Waals surface area contributed by atoms with E-state index in [-0.39, 0.29) is 35.1 Å². The fourth-order valence-corrected chi connectivity index (χ4v) is 5.41. The van der Waals surface area contributed by atoms with Gasteiger partial charge in [0.05, 0.1) is 33.0 Å². The number of morpholine rings is 1. The standard InChI is InChI=1S/C22H29N3O7S/c1-5-6-16-19(22(27)31-4)14(2)23-20(16)21(26)24-15-7-8-17(30-3)18(13-15)33(28,29)25-9-11-32-12-10-25/h7-8,13,23H,5-6,9-12H2,1-4H3,(H,24,26). The van der Waals surface area contributed by atoms with Crippen molar-refractivity contribution in [3.05, 3.63) is 40.7 Å². The summed E-state index contributed by atoms with van der Waals surface area (Å²) >= 11 is 0. The summed E-state index contributed by atoms with van der Waals surface area (Å²) in [6.07, 6.45) is 1.21. The Kier molecular flexibility index (Phi) is 7.77. The van der Waals surface area contributed by atoms with Gasteiger partial charge in [-0.25, -0.2) is 13.2 Å². The van der Waals surface area contributed by atoms with E-state index in [1.54, 1.807) is 13.0 Å². The summed E-state index contributed by atoms with van der Waals surface area (Å²) in [6.45, 7) is 4.74. The number of ether oxygens (including phenoxy) is 3. The first-order valence-corrected chi connectivity index (χ1v) is 12.1. The van der Waals surface area contributed by atoms with Crippen LogP contribution in [0, 0.1) is 6.92 Å². The van der Waals surface area contributed by atoms with Crippen LogP contribution >= 0.6 is 0 Å². The van der Waals surface area contributed by atoms with Crippen molar-refractivity contribution >= 4 is 27.6 Å². The summed E-state index contributed by atoms with van der Waals surface area (Å²) in [6, 6.07) is 4.43. The topological polar surface area (TPSA) is 127 Å². The zero-order chi connectivity index (χ0) is 24.2. The number of aromatic amines is 1. The number of methoxy groups -OCH3 is 2. The maximum Gasteiger partial charge on any atom is 0.339 e. The number of aryl methyl sites for hydroxylation is 1. The highest BCUT2D eigenvalue weighted by Crippen LogP contribution is 2.31. The summed E-state index contributed by atoms with van der Waals surface area (Å²) < 4.78 is 43.1. The Labute approximate surface area is 193 Å². The molecule has 2 heterocycles. The average molecular weight is 480 g/mol. The molecule has 1 aromatic heterocycles. The van der Waals surface area contributed by atoms with Gasteiger partial charge in [0, 0.05) is 24.5 Å². The summed E-state index contributed by atoms with van der Waals surface area (Å²) in [7, 11) is -1.18. The lowest BCUT2D eigenvalue weighted by atomic mass is 10.0. The highest BCUT2D eigenvalue weighted by molar-refractivity contribution is 7.89. The van der Waals surface area contributed by atoms with Gasteiger partial charge in [0.15, 0.2) is 0 Å². The number of hydrogen-bond acceptors (Lipinski definition) is 7. The first-order chi connectivity index (χ1) is 15.7. The van der Waals surface area contributed by atoms with E-state index in [1.807, 2.05) is 6.92 Å². The van der Waals surface area contributed by atoms with Crippen LogP contribution in [0.3, 0.4) is 0 Å². The molecular weight excluding hydrogens is 450 g/mol. The number of H-pyrrole nitrogens is 1. The number of nitrogens with one attached hydrogen (secondary N) is 2. The molecule has 0 spiro atoms. The molecule has 0 bridgehead atoms. The van der Waals surface area contributed by atoms with Gasteiger partial charge in [0.25, 0.3) is 5.91 Å².